The number of hydrogen-bond acceptors (Lipinski definition) is 3. The van der Waals surface area contributed by atoms with Crippen LogP contribution >= 0.6 is 0 Å². The maximum absolute atomic E-state index is 13.7. The highest BCUT2D eigenvalue weighted by molar-refractivity contribution is 6.39. The second-order valence-electron chi connectivity index (χ2n) is 6.30. The number of anilines is 1. The Bertz CT molecular complexity index is 830. The summed E-state index contributed by atoms with van der Waals surface area (Å²) in [5.74, 6) is -2.04. The first-order valence-electron chi connectivity index (χ1n) is 8.26. The predicted octanol–water partition coefficient (Wildman–Crippen LogP) is 2.48. The lowest BCUT2D eigenvalue weighted by atomic mass is 10.0. The molecule has 1 aliphatic rings. The zero-order valence-electron chi connectivity index (χ0n) is 14.5. The minimum atomic E-state index is -0.823. The predicted molar refractivity (Wildman–Crippen MR) is 91.4 cm³/mol. The van der Waals surface area contributed by atoms with E-state index in [4.69, 9.17) is 0 Å². The third-order valence-electron chi connectivity index (χ3n) is 4.73. The van der Waals surface area contributed by atoms with Crippen LogP contribution in [0.15, 0.2) is 24.3 Å². The van der Waals surface area contributed by atoms with Gasteiger partial charge in [0.25, 0.3) is 0 Å². The van der Waals surface area contributed by atoms with E-state index in [-0.39, 0.29) is 11.7 Å². The minimum Gasteiger partial charge on any atom is -0.327 e. The topological polar surface area (TPSA) is 67.2 Å². The van der Waals surface area contributed by atoms with Gasteiger partial charge in [0.1, 0.15) is 5.82 Å². The minimum absolute atomic E-state index is 0.00494. The molecule has 0 radical (unpaired) electrons. The van der Waals surface area contributed by atoms with Gasteiger partial charge >= 0.3 is 11.8 Å². The molecule has 1 N–H and O–H groups in total. The van der Waals surface area contributed by atoms with Crippen LogP contribution in [0.3, 0.4) is 0 Å². The molecule has 1 atom stereocenters. The number of aromatic nitrogens is 2. The molecular weight excluding hydrogens is 323 g/mol. The number of benzene rings is 1. The number of halogens is 1. The lowest BCUT2D eigenvalue weighted by Crippen LogP contribution is -2.39. The molecule has 1 saturated heterocycles. The molecule has 2 amide bonds. The van der Waals surface area contributed by atoms with Crippen molar-refractivity contribution in [3.05, 3.63) is 47.0 Å². The standard InChI is InChI=1S/C18H21FN4O2/c1-11-16(12(2)22(3)21-11)15-9-6-10-23(15)18(25)17(24)20-14-8-5-4-7-13(14)19/h4-5,7-8,15H,6,9-10H2,1-3H3,(H,20,24)/t15-/m0/s1. The van der Waals surface area contributed by atoms with Crippen LogP contribution in [-0.4, -0.2) is 33.0 Å². The zero-order valence-corrected chi connectivity index (χ0v) is 14.5. The number of nitrogens with one attached hydrogen (secondary N) is 1. The van der Waals surface area contributed by atoms with E-state index in [9.17, 15) is 14.0 Å². The van der Waals surface area contributed by atoms with Gasteiger partial charge in [0.2, 0.25) is 0 Å². The van der Waals surface area contributed by atoms with Crippen molar-refractivity contribution in [2.45, 2.75) is 32.7 Å². The van der Waals surface area contributed by atoms with Crippen LogP contribution in [0.5, 0.6) is 0 Å². The lowest BCUT2D eigenvalue weighted by molar-refractivity contribution is -0.143. The molecule has 1 aromatic carbocycles. The average molecular weight is 344 g/mol. The van der Waals surface area contributed by atoms with E-state index in [1.54, 1.807) is 15.6 Å². The van der Waals surface area contributed by atoms with Gasteiger partial charge in [-0.25, -0.2) is 4.39 Å². The number of para-hydroxylation sites is 1. The van der Waals surface area contributed by atoms with Gasteiger partial charge in [0, 0.05) is 24.8 Å². The van der Waals surface area contributed by atoms with Crippen LogP contribution in [0.2, 0.25) is 0 Å². The molecule has 7 heteroatoms. The molecule has 0 saturated carbocycles. The number of amides is 2. The van der Waals surface area contributed by atoms with Crippen molar-refractivity contribution >= 4 is 17.5 Å². The van der Waals surface area contributed by atoms with Crippen LogP contribution in [-0.2, 0) is 16.6 Å². The summed E-state index contributed by atoms with van der Waals surface area (Å²) in [4.78, 5) is 26.5. The summed E-state index contributed by atoms with van der Waals surface area (Å²) in [6.07, 6.45) is 1.60. The Labute approximate surface area is 145 Å². The van der Waals surface area contributed by atoms with E-state index in [0.29, 0.717) is 6.54 Å². The molecule has 1 aromatic heterocycles. The van der Waals surface area contributed by atoms with E-state index >= 15 is 0 Å². The van der Waals surface area contributed by atoms with Crippen molar-refractivity contribution < 1.29 is 14.0 Å². The number of nitrogens with zero attached hydrogens (tertiary/aromatic N) is 3. The van der Waals surface area contributed by atoms with E-state index < -0.39 is 17.6 Å². The van der Waals surface area contributed by atoms with Gasteiger partial charge in [0.15, 0.2) is 0 Å². The van der Waals surface area contributed by atoms with Crippen LogP contribution in [0.1, 0.15) is 35.8 Å². The van der Waals surface area contributed by atoms with Gasteiger partial charge in [-0.3, -0.25) is 14.3 Å². The van der Waals surface area contributed by atoms with Crippen LogP contribution in [0.25, 0.3) is 0 Å². The highest BCUT2D eigenvalue weighted by atomic mass is 19.1. The molecule has 1 fully saturated rings. The molecule has 3 rings (SSSR count). The fraction of sp³-hybridized carbons (Fsp3) is 0.389. The van der Waals surface area contributed by atoms with Crippen molar-refractivity contribution in [3.8, 4) is 0 Å². The molecule has 25 heavy (non-hydrogen) atoms. The Balaban J connectivity index is 1.81. The highest BCUT2D eigenvalue weighted by Crippen LogP contribution is 2.35. The van der Waals surface area contributed by atoms with Gasteiger partial charge in [0.05, 0.1) is 17.4 Å². The molecule has 6 nitrogen and oxygen atoms in total. The number of carbonyl (C=O) groups is 2. The summed E-state index contributed by atoms with van der Waals surface area (Å²) in [5.41, 5.74) is 2.84. The van der Waals surface area contributed by atoms with Crippen LogP contribution < -0.4 is 5.32 Å². The first-order valence-corrected chi connectivity index (χ1v) is 8.26. The Morgan fingerprint density at radius 3 is 2.64 bits per heavy atom. The number of aryl methyl sites for hydroxylation is 2. The first-order chi connectivity index (χ1) is 11.9. The fourth-order valence-electron chi connectivity index (χ4n) is 3.45. The molecule has 2 aromatic rings. The first kappa shape index (κ1) is 17.1. The Kier molecular flexibility index (Phi) is 4.57. The number of rotatable bonds is 2. The molecule has 2 heterocycles. The van der Waals surface area contributed by atoms with Crippen LogP contribution in [0.4, 0.5) is 10.1 Å². The smallest absolute Gasteiger partial charge is 0.314 e. The summed E-state index contributed by atoms with van der Waals surface area (Å²) in [6.45, 7) is 4.36. The number of likely N-dealkylation sites (tertiary alicyclic amines) is 1. The van der Waals surface area contributed by atoms with Crippen molar-refractivity contribution in [3.63, 3.8) is 0 Å². The molecular formula is C18H21FN4O2. The molecule has 0 spiro atoms. The Morgan fingerprint density at radius 2 is 2.00 bits per heavy atom. The van der Waals surface area contributed by atoms with Crippen molar-refractivity contribution in [2.75, 3.05) is 11.9 Å². The summed E-state index contributed by atoms with van der Waals surface area (Å²) in [6, 6.07) is 5.62. The molecule has 0 aliphatic carbocycles. The SMILES string of the molecule is Cc1nn(C)c(C)c1[C@@H]1CCCN1C(=O)C(=O)Nc1ccccc1F. The highest BCUT2D eigenvalue weighted by Gasteiger charge is 2.36. The summed E-state index contributed by atoms with van der Waals surface area (Å²) in [5, 5.41) is 6.77. The second kappa shape index (κ2) is 6.66. The largest absolute Gasteiger partial charge is 0.327 e. The maximum atomic E-state index is 13.7. The van der Waals surface area contributed by atoms with Gasteiger partial charge < -0.3 is 10.2 Å². The van der Waals surface area contributed by atoms with E-state index in [1.807, 2.05) is 20.9 Å². The Hall–Kier alpha value is -2.70. The van der Waals surface area contributed by atoms with Crippen molar-refractivity contribution in [1.82, 2.24) is 14.7 Å². The third kappa shape index (κ3) is 3.14. The van der Waals surface area contributed by atoms with Gasteiger partial charge in [-0.05, 0) is 38.8 Å². The monoisotopic (exact) mass is 344 g/mol. The number of carbonyl (C=O) groups excluding carboxylic acids is 2. The lowest BCUT2D eigenvalue weighted by Gasteiger charge is -2.24. The van der Waals surface area contributed by atoms with Crippen molar-refractivity contribution in [1.29, 1.82) is 0 Å². The normalized spacial score (nSPS) is 17.0. The Morgan fingerprint density at radius 1 is 1.28 bits per heavy atom. The van der Waals surface area contributed by atoms with Crippen LogP contribution in [0, 0.1) is 19.7 Å². The third-order valence-corrected chi connectivity index (χ3v) is 4.73. The quantitative estimate of drug-likeness (QED) is 0.851. The van der Waals surface area contributed by atoms with Crippen molar-refractivity contribution in [2.24, 2.45) is 7.05 Å². The summed E-state index contributed by atoms with van der Waals surface area (Å²) < 4.78 is 15.5. The molecule has 1 aliphatic heterocycles. The van der Waals surface area contributed by atoms with E-state index in [2.05, 4.69) is 10.4 Å². The average Bonchev–Trinajstić information content (AvgIpc) is 3.13. The van der Waals surface area contributed by atoms with E-state index in [1.165, 1.54) is 18.2 Å². The second-order valence-corrected chi connectivity index (χ2v) is 6.30. The van der Waals surface area contributed by atoms with E-state index in [0.717, 1.165) is 29.8 Å². The summed E-state index contributed by atoms with van der Waals surface area (Å²) >= 11 is 0. The molecule has 0 bridgehead atoms. The molecule has 0 unspecified atom stereocenters. The maximum Gasteiger partial charge on any atom is 0.314 e. The number of hydrogen-bond donors (Lipinski definition) is 1. The summed E-state index contributed by atoms with van der Waals surface area (Å²) in [7, 11) is 1.86. The fourth-order valence-corrected chi connectivity index (χ4v) is 3.45. The van der Waals surface area contributed by atoms with Gasteiger partial charge in [-0.1, -0.05) is 12.1 Å². The van der Waals surface area contributed by atoms with Gasteiger partial charge in [-0.2, -0.15) is 5.10 Å². The molecule has 132 valence electrons. The van der Waals surface area contributed by atoms with Gasteiger partial charge in [-0.15, -0.1) is 0 Å². The zero-order chi connectivity index (χ0) is 18.1.